The van der Waals surface area contributed by atoms with Crippen molar-refractivity contribution < 1.29 is 9.59 Å². The smallest absolute Gasteiger partial charge is 0.248 e. The summed E-state index contributed by atoms with van der Waals surface area (Å²) in [6.45, 7) is 2.04. The molecule has 0 aliphatic carbocycles. The van der Waals surface area contributed by atoms with Crippen LogP contribution in [0.5, 0.6) is 0 Å². The van der Waals surface area contributed by atoms with Crippen molar-refractivity contribution in [3.8, 4) is 6.07 Å². The Labute approximate surface area is 182 Å². The van der Waals surface area contributed by atoms with E-state index in [9.17, 15) is 9.59 Å². The highest BCUT2D eigenvalue weighted by Gasteiger charge is 2.08. The zero-order chi connectivity index (χ0) is 21.8. The van der Waals surface area contributed by atoms with Crippen LogP contribution in [-0.4, -0.2) is 21.4 Å². The van der Waals surface area contributed by atoms with Gasteiger partial charge < -0.3 is 15.2 Å². The summed E-state index contributed by atoms with van der Waals surface area (Å²) in [5.74, 6) is -0.425. The SMILES string of the molecule is CC(=O)Nc1nc2ccc(NC(=O)/C=C/c3cn(CCC#N)c4ccccc34)cc2s1. The number of thiazole rings is 1. The maximum Gasteiger partial charge on any atom is 0.248 e. The number of rotatable bonds is 6. The first-order valence-corrected chi connectivity index (χ1v) is 10.5. The summed E-state index contributed by atoms with van der Waals surface area (Å²) in [5.41, 5.74) is 3.36. The number of amides is 2. The molecule has 31 heavy (non-hydrogen) atoms. The maximum absolute atomic E-state index is 12.5. The normalized spacial score (nSPS) is 11.1. The number of aromatic nitrogens is 2. The number of anilines is 2. The third-order valence-corrected chi connectivity index (χ3v) is 5.57. The van der Waals surface area contributed by atoms with Crippen LogP contribution >= 0.6 is 11.3 Å². The molecule has 0 spiro atoms. The predicted molar refractivity (Wildman–Crippen MR) is 124 cm³/mol. The number of benzene rings is 2. The van der Waals surface area contributed by atoms with Gasteiger partial charge in [0.1, 0.15) is 0 Å². The van der Waals surface area contributed by atoms with Gasteiger partial charge in [-0.25, -0.2) is 4.98 Å². The molecule has 0 atom stereocenters. The molecular formula is C23H19N5O2S. The molecule has 0 fully saturated rings. The number of carbonyl (C=O) groups excluding carboxylic acids is 2. The standard InChI is InChI=1S/C23H19N5O2S/c1-15(29)25-23-27-19-9-8-17(13-21(19)31-23)26-22(30)10-7-16-14-28(12-4-11-24)20-6-3-2-5-18(16)20/h2-3,5-10,13-14H,4,12H2,1H3,(H,26,30)(H,25,27,29)/b10-7+. The summed E-state index contributed by atoms with van der Waals surface area (Å²) in [7, 11) is 0. The van der Waals surface area contributed by atoms with Crippen LogP contribution in [-0.2, 0) is 16.1 Å². The molecule has 2 amide bonds. The molecule has 2 aromatic heterocycles. The quantitative estimate of drug-likeness (QED) is 0.431. The lowest BCUT2D eigenvalue weighted by Gasteiger charge is -2.01. The van der Waals surface area contributed by atoms with Gasteiger partial charge >= 0.3 is 0 Å². The molecule has 2 heterocycles. The van der Waals surface area contributed by atoms with Crippen LogP contribution < -0.4 is 10.6 Å². The molecule has 154 valence electrons. The van der Waals surface area contributed by atoms with E-state index in [1.165, 1.54) is 24.3 Å². The first kappa shape index (κ1) is 20.3. The fraction of sp³-hybridized carbons (Fsp3) is 0.130. The van der Waals surface area contributed by atoms with E-state index in [0.29, 0.717) is 23.8 Å². The number of nitriles is 1. The van der Waals surface area contributed by atoms with Crippen molar-refractivity contribution in [2.45, 2.75) is 19.9 Å². The largest absolute Gasteiger partial charge is 0.346 e. The molecule has 0 saturated heterocycles. The number of nitrogens with zero attached hydrogens (tertiary/aromatic N) is 3. The molecule has 0 bridgehead atoms. The van der Waals surface area contributed by atoms with Crippen LogP contribution in [0.2, 0.25) is 0 Å². The highest BCUT2D eigenvalue weighted by molar-refractivity contribution is 7.22. The van der Waals surface area contributed by atoms with Crippen LogP contribution in [0, 0.1) is 11.3 Å². The monoisotopic (exact) mass is 429 g/mol. The van der Waals surface area contributed by atoms with E-state index in [1.54, 1.807) is 18.2 Å². The minimum atomic E-state index is -0.250. The lowest BCUT2D eigenvalue weighted by molar-refractivity contribution is -0.114. The van der Waals surface area contributed by atoms with Gasteiger partial charge in [0.2, 0.25) is 11.8 Å². The Bertz CT molecular complexity index is 1360. The maximum atomic E-state index is 12.5. The Hall–Kier alpha value is -3.96. The number of hydrogen-bond acceptors (Lipinski definition) is 5. The van der Waals surface area contributed by atoms with Crippen LogP contribution in [0.4, 0.5) is 10.8 Å². The van der Waals surface area contributed by atoms with Gasteiger partial charge in [-0.15, -0.1) is 0 Å². The van der Waals surface area contributed by atoms with Gasteiger partial charge in [0.05, 0.1) is 22.7 Å². The van der Waals surface area contributed by atoms with Gasteiger partial charge in [-0.3, -0.25) is 9.59 Å². The average Bonchev–Trinajstić information content (AvgIpc) is 3.30. The van der Waals surface area contributed by atoms with Crippen molar-refractivity contribution in [2.75, 3.05) is 10.6 Å². The predicted octanol–water partition coefficient (Wildman–Crippen LogP) is 4.77. The van der Waals surface area contributed by atoms with E-state index in [4.69, 9.17) is 5.26 Å². The van der Waals surface area contributed by atoms with E-state index >= 15 is 0 Å². The van der Waals surface area contributed by atoms with E-state index in [2.05, 4.69) is 21.7 Å². The number of nitrogens with one attached hydrogen (secondary N) is 2. The Morgan fingerprint density at radius 3 is 2.87 bits per heavy atom. The van der Waals surface area contributed by atoms with Crippen molar-refractivity contribution in [1.82, 2.24) is 9.55 Å². The second-order valence-electron chi connectivity index (χ2n) is 6.91. The second kappa shape index (κ2) is 8.81. The Morgan fingerprint density at radius 1 is 1.23 bits per heavy atom. The lowest BCUT2D eigenvalue weighted by atomic mass is 10.1. The first-order chi connectivity index (χ1) is 15.0. The van der Waals surface area contributed by atoms with Crippen LogP contribution in [0.1, 0.15) is 18.9 Å². The molecule has 0 aliphatic heterocycles. The van der Waals surface area contributed by atoms with Crippen molar-refractivity contribution in [1.29, 1.82) is 5.26 Å². The summed E-state index contributed by atoms with van der Waals surface area (Å²) in [5, 5.41) is 16.0. The van der Waals surface area contributed by atoms with Gasteiger partial charge in [0, 0.05) is 47.9 Å². The molecule has 8 heteroatoms. The topological polar surface area (TPSA) is 99.8 Å². The average molecular weight is 430 g/mol. The molecule has 0 radical (unpaired) electrons. The number of fused-ring (bicyclic) bond motifs is 2. The van der Waals surface area contributed by atoms with E-state index < -0.39 is 0 Å². The van der Waals surface area contributed by atoms with E-state index in [1.807, 2.05) is 41.1 Å². The van der Waals surface area contributed by atoms with Crippen molar-refractivity contribution in [2.24, 2.45) is 0 Å². The minimum Gasteiger partial charge on any atom is -0.346 e. The molecule has 0 saturated carbocycles. The summed E-state index contributed by atoms with van der Waals surface area (Å²) >= 11 is 1.35. The van der Waals surface area contributed by atoms with Gasteiger partial charge in [-0.05, 0) is 30.3 Å². The van der Waals surface area contributed by atoms with Crippen LogP contribution in [0.25, 0.3) is 27.2 Å². The molecule has 4 rings (SSSR count). The van der Waals surface area contributed by atoms with Crippen molar-refractivity contribution >= 4 is 61.2 Å². The first-order valence-electron chi connectivity index (χ1n) is 9.65. The molecule has 2 aromatic carbocycles. The lowest BCUT2D eigenvalue weighted by Crippen LogP contribution is -2.07. The molecule has 0 unspecified atom stereocenters. The fourth-order valence-corrected chi connectivity index (χ4v) is 4.27. The summed E-state index contributed by atoms with van der Waals surface area (Å²) in [4.78, 5) is 28.0. The van der Waals surface area contributed by atoms with Crippen LogP contribution in [0.15, 0.2) is 54.7 Å². The fourth-order valence-electron chi connectivity index (χ4n) is 3.32. The summed E-state index contributed by atoms with van der Waals surface area (Å²) in [6.07, 6.45) is 5.65. The number of hydrogen-bond donors (Lipinski definition) is 2. The number of carbonyl (C=O) groups is 2. The molecule has 2 N–H and O–H groups in total. The Morgan fingerprint density at radius 2 is 2.06 bits per heavy atom. The zero-order valence-corrected chi connectivity index (χ0v) is 17.6. The second-order valence-corrected chi connectivity index (χ2v) is 7.94. The van der Waals surface area contributed by atoms with Crippen LogP contribution in [0.3, 0.4) is 0 Å². The Balaban J connectivity index is 1.51. The van der Waals surface area contributed by atoms with Gasteiger partial charge in [0.15, 0.2) is 5.13 Å². The molecular weight excluding hydrogens is 410 g/mol. The van der Waals surface area contributed by atoms with E-state index in [0.717, 1.165) is 26.7 Å². The van der Waals surface area contributed by atoms with Gasteiger partial charge in [-0.1, -0.05) is 29.5 Å². The van der Waals surface area contributed by atoms with Gasteiger partial charge in [0.25, 0.3) is 0 Å². The zero-order valence-electron chi connectivity index (χ0n) is 16.8. The van der Waals surface area contributed by atoms with Crippen molar-refractivity contribution in [3.05, 3.63) is 60.3 Å². The van der Waals surface area contributed by atoms with Gasteiger partial charge in [-0.2, -0.15) is 5.26 Å². The minimum absolute atomic E-state index is 0.174. The highest BCUT2D eigenvalue weighted by atomic mass is 32.1. The van der Waals surface area contributed by atoms with Crippen molar-refractivity contribution in [3.63, 3.8) is 0 Å². The number of aryl methyl sites for hydroxylation is 1. The third kappa shape index (κ3) is 4.63. The summed E-state index contributed by atoms with van der Waals surface area (Å²) < 4.78 is 2.90. The Kier molecular flexibility index (Phi) is 5.78. The molecule has 4 aromatic rings. The molecule has 0 aliphatic rings. The number of para-hydroxylation sites is 1. The highest BCUT2D eigenvalue weighted by Crippen LogP contribution is 2.28. The third-order valence-electron chi connectivity index (χ3n) is 4.64. The summed E-state index contributed by atoms with van der Waals surface area (Å²) in [6, 6.07) is 15.5. The molecule has 7 nitrogen and oxygen atoms in total. The van der Waals surface area contributed by atoms with E-state index in [-0.39, 0.29) is 11.8 Å².